The van der Waals surface area contributed by atoms with Crippen LogP contribution in [0.4, 0.5) is 0 Å². The number of hydrogen-bond donors (Lipinski definition) is 0. The van der Waals surface area contributed by atoms with Crippen molar-refractivity contribution >= 4 is 6.47 Å². The van der Waals surface area contributed by atoms with Gasteiger partial charge in [-0.05, 0) is 19.5 Å². The van der Waals surface area contributed by atoms with Gasteiger partial charge in [0, 0.05) is 6.54 Å². The van der Waals surface area contributed by atoms with E-state index in [2.05, 4.69) is 23.5 Å². The zero-order chi connectivity index (χ0) is 8.53. The summed E-state index contributed by atoms with van der Waals surface area (Å²) in [4.78, 5) is 12.1. The van der Waals surface area contributed by atoms with Crippen LogP contribution in [0.5, 0.6) is 0 Å². The molecule has 3 nitrogen and oxygen atoms in total. The normalized spacial score (nSPS) is 10.1. The van der Waals surface area contributed by atoms with Crippen molar-refractivity contribution in [2.75, 3.05) is 26.2 Å². The molecule has 0 amide bonds. The maximum Gasteiger partial charge on any atom is 0.293 e. The van der Waals surface area contributed by atoms with Gasteiger partial charge in [-0.3, -0.25) is 4.79 Å². The van der Waals surface area contributed by atoms with Gasteiger partial charge in [-0.2, -0.15) is 0 Å². The second-order valence-electron chi connectivity index (χ2n) is 2.35. The van der Waals surface area contributed by atoms with E-state index in [1.54, 1.807) is 0 Å². The summed E-state index contributed by atoms with van der Waals surface area (Å²) < 4.78 is 4.57. The first-order valence-electron chi connectivity index (χ1n) is 4.12. The Balaban J connectivity index is 3.13. The summed E-state index contributed by atoms with van der Waals surface area (Å²) in [6.07, 6.45) is 0.931. The van der Waals surface area contributed by atoms with Crippen molar-refractivity contribution in [1.82, 2.24) is 4.90 Å². The maximum absolute atomic E-state index is 9.75. The Morgan fingerprint density at radius 3 is 2.45 bits per heavy atom. The minimum absolute atomic E-state index is 0.502. The fourth-order valence-corrected chi connectivity index (χ4v) is 0.959. The lowest BCUT2D eigenvalue weighted by molar-refractivity contribution is -0.128. The molecule has 0 atom stereocenters. The summed E-state index contributed by atoms with van der Waals surface area (Å²) in [5.41, 5.74) is 0. The largest absolute Gasteiger partial charge is 0.468 e. The third-order valence-corrected chi connectivity index (χ3v) is 1.70. The monoisotopic (exact) mass is 159 g/mol. The van der Waals surface area contributed by atoms with Crippen LogP contribution < -0.4 is 0 Å². The van der Waals surface area contributed by atoms with Gasteiger partial charge < -0.3 is 9.64 Å². The molecule has 3 heteroatoms. The van der Waals surface area contributed by atoms with Gasteiger partial charge >= 0.3 is 0 Å². The lowest BCUT2D eigenvalue weighted by Crippen LogP contribution is -2.24. The molecule has 0 fully saturated rings. The molecule has 0 bridgehead atoms. The Bertz CT molecular complexity index is 92.1. The molecule has 0 aromatic rings. The smallest absolute Gasteiger partial charge is 0.293 e. The highest BCUT2D eigenvalue weighted by atomic mass is 16.5. The van der Waals surface area contributed by atoms with Crippen molar-refractivity contribution < 1.29 is 9.53 Å². The molecule has 0 aliphatic carbocycles. The molecule has 0 aliphatic heterocycles. The number of hydrogen-bond acceptors (Lipinski definition) is 3. The number of carbonyl (C=O) groups excluding carboxylic acids is 1. The van der Waals surface area contributed by atoms with Gasteiger partial charge in [0.15, 0.2) is 0 Å². The number of carbonyl (C=O) groups is 1. The Hall–Kier alpha value is -0.570. The average Bonchev–Trinajstić information content (AvgIpc) is 2.05. The highest BCUT2D eigenvalue weighted by Gasteiger charge is 1.96. The number of ether oxygens (including phenoxy) is 1. The van der Waals surface area contributed by atoms with Crippen molar-refractivity contribution in [2.24, 2.45) is 0 Å². The minimum atomic E-state index is 0.502. The second kappa shape index (κ2) is 7.54. The molecule has 0 N–H and O–H groups in total. The second-order valence-corrected chi connectivity index (χ2v) is 2.35. The zero-order valence-electron chi connectivity index (χ0n) is 7.38. The Morgan fingerprint density at radius 2 is 2.00 bits per heavy atom. The van der Waals surface area contributed by atoms with Crippen molar-refractivity contribution in [3.63, 3.8) is 0 Å². The lowest BCUT2D eigenvalue weighted by Gasteiger charge is -2.16. The van der Waals surface area contributed by atoms with E-state index in [0.717, 1.165) is 26.1 Å². The van der Waals surface area contributed by atoms with E-state index in [9.17, 15) is 4.79 Å². The van der Waals surface area contributed by atoms with Gasteiger partial charge in [0.2, 0.25) is 0 Å². The third-order valence-electron chi connectivity index (χ3n) is 1.70. The van der Waals surface area contributed by atoms with Crippen LogP contribution in [0.1, 0.15) is 20.3 Å². The molecule has 0 unspecified atom stereocenters. The SMILES string of the molecule is CCN(CC)CCCOC=O. The molecule has 0 spiro atoms. The molecule has 0 saturated heterocycles. The molecule has 11 heavy (non-hydrogen) atoms. The van der Waals surface area contributed by atoms with Crippen LogP contribution in [0.3, 0.4) is 0 Å². The first-order valence-corrected chi connectivity index (χ1v) is 4.12. The summed E-state index contributed by atoms with van der Waals surface area (Å²) in [5.74, 6) is 0. The molecule has 0 rings (SSSR count). The van der Waals surface area contributed by atoms with Crippen LogP contribution in [0.2, 0.25) is 0 Å². The van der Waals surface area contributed by atoms with E-state index in [1.807, 2.05) is 0 Å². The highest BCUT2D eigenvalue weighted by molar-refractivity contribution is 5.36. The molecule has 66 valence electrons. The molecule has 0 aliphatic rings. The molecular formula is C8H17NO2. The topological polar surface area (TPSA) is 29.5 Å². The van der Waals surface area contributed by atoms with Crippen molar-refractivity contribution in [3.8, 4) is 0 Å². The van der Waals surface area contributed by atoms with Gasteiger partial charge in [-0.15, -0.1) is 0 Å². The van der Waals surface area contributed by atoms with Crippen LogP contribution in [0, 0.1) is 0 Å². The lowest BCUT2D eigenvalue weighted by atomic mass is 10.4. The quantitative estimate of drug-likeness (QED) is 0.408. The average molecular weight is 159 g/mol. The van der Waals surface area contributed by atoms with Gasteiger partial charge in [0.05, 0.1) is 6.61 Å². The first kappa shape index (κ1) is 10.4. The molecule has 0 saturated carbocycles. The van der Waals surface area contributed by atoms with Gasteiger partial charge in [-0.25, -0.2) is 0 Å². The summed E-state index contributed by atoms with van der Waals surface area (Å²) in [5, 5.41) is 0. The van der Waals surface area contributed by atoms with E-state index >= 15 is 0 Å². The van der Waals surface area contributed by atoms with Gasteiger partial charge in [0.1, 0.15) is 0 Å². The predicted octanol–water partition coefficient (Wildman–Crippen LogP) is 0.891. The predicted molar refractivity (Wildman–Crippen MR) is 44.4 cm³/mol. The van der Waals surface area contributed by atoms with E-state index in [4.69, 9.17) is 0 Å². The first-order chi connectivity index (χ1) is 5.35. The molecule has 0 aromatic heterocycles. The standard InChI is InChI=1S/C8H17NO2/c1-3-9(4-2)6-5-7-11-8-10/h8H,3-7H2,1-2H3. The summed E-state index contributed by atoms with van der Waals surface area (Å²) in [6, 6.07) is 0. The zero-order valence-corrected chi connectivity index (χ0v) is 7.38. The van der Waals surface area contributed by atoms with Crippen LogP contribution >= 0.6 is 0 Å². The third kappa shape index (κ3) is 5.85. The molecule has 0 heterocycles. The highest BCUT2D eigenvalue weighted by Crippen LogP contribution is 1.90. The van der Waals surface area contributed by atoms with E-state index in [-0.39, 0.29) is 0 Å². The molecule has 0 radical (unpaired) electrons. The fourth-order valence-electron chi connectivity index (χ4n) is 0.959. The van der Waals surface area contributed by atoms with Crippen molar-refractivity contribution in [3.05, 3.63) is 0 Å². The number of nitrogens with zero attached hydrogens (tertiary/aromatic N) is 1. The van der Waals surface area contributed by atoms with Gasteiger partial charge in [0.25, 0.3) is 6.47 Å². The van der Waals surface area contributed by atoms with Crippen LogP contribution in [0.25, 0.3) is 0 Å². The molecular weight excluding hydrogens is 142 g/mol. The van der Waals surface area contributed by atoms with E-state index in [1.165, 1.54) is 0 Å². The van der Waals surface area contributed by atoms with E-state index < -0.39 is 0 Å². The van der Waals surface area contributed by atoms with Crippen LogP contribution in [0.15, 0.2) is 0 Å². The summed E-state index contributed by atoms with van der Waals surface area (Å²) in [6.45, 7) is 8.45. The van der Waals surface area contributed by atoms with Gasteiger partial charge in [-0.1, -0.05) is 13.8 Å². The Kier molecular flexibility index (Phi) is 7.15. The minimum Gasteiger partial charge on any atom is -0.468 e. The van der Waals surface area contributed by atoms with Crippen molar-refractivity contribution in [1.29, 1.82) is 0 Å². The molecule has 0 aromatic carbocycles. The maximum atomic E-state index is 9.75. The summed E-state index contributed by atoms with van der Waals surface area (Å²) in [7, 11) is 0. The number of rotatable bonds is 7. The Morgan fingerprint density at radius 1 is 1.36 bits per heavy atom. The van der Waals surface area contributed by atoms with Crippen LogP contribution in [-0.4, -0.2) is 37.6 Å². The van der Waals surface area contributed by atoms with Crippen molar-refractivity contribution in [2.45, 2.75) is 20.3 Å². The Labute approximate surface area is 68.3 Å². The fraction of sp³-hybridized carbons (Fsp3) is 0.875. The van der Waals surface area contributed by atoms with Crippen LogP contribution in [-0.2, 0) is 9.53 Å². The summed E-state index contributed by atoms with van der Waals surface area (Å²) >= 11 is 0. The van der Waals surface area contributed by atoms with E-state index in [0.29, 0.717) is 13.1 Å².